The molecule has 102 valence electrons. The molecule has 0 saturated carbocycles. The van der Waals surface area contributed by atoms with Crippen molar-refractivity contribution < 1.29 is 12.8 Å². The third-order valence-electron chi connectivity index (χ3n) is 2.93. The second kappa shape index (κ2) is 4.61. The lowest BCUT2D eigenvalue weighted by Gasteiger charge is -2.00. The molecule has 0 aliphatic rings. The van der Waals surface area contributed by atoms with Crippen LogP contribution in [0, 0.1) is 0 Å². The maximum absolute atomic E-state index is 11.4. The molecule has 0 N–H and O–H groups in total. The fourth-order valence-corrected chi connectivity index (χ4v) is 2.74. The van der Waals surface area contributed by atoms with Gasteiger partial charge in [0.25, 0.3) is 0 Å². The molecule has 0 unspecified atom stereocenters. The number of halogens is 1. The van der Waals surface area contributed by atoms with Gasteiger partial charge in [-0.2, -0.15) is 0 Å². The standard InChI is InChI=1S/C14H10ClNO3S/c1-20(17,18)10-4-2-9(3-5-10)13-8-12-14(19-13)11(15)6-7-16-12/h2-8H,1H3. The molecule has 3 aromatic rings. The van der Waals surface area contributed by atoms with Crippen molar-refractivity contribution in [2.45, 2.75) is 4.90 Å². The summed E-state index contributed by atoms with van der Waals surface area (Å²) < 4.78 is 28.5. The van der Waals surface area contributed by atoms with E-state index in [9.17, 15) is 8.42 Å². The van der Waals surface area contributed by atoms with Crippen LogP contribution in [0.5, 0.6) is 0 Å². The third kappa shape index (κ3) is 2.30. The highest BCUT2D eigenvalue weighted by Crippen LogP contribution is 2.31. The van der Waals surface area contributed by atoms with Crippen LogP contribution in [0.3, 0.4) is 0 Å². The number of hydrogen-bond donors (Lipinski definition) is 0. The Kier molecular flexibility index (Phi) is 3.03. The average Bonchev–Trinajstić information content (AvgIpc) is 2.83. The van der Waals surface area contributed by atoms with E-state index >= 15 is 0 Å². The fraction of sp³-hybridized carbons (Fsp3) is 0.0714. The summed E-state index contributed by atoms with van der Waals surface area (Å²) in [6.07, 6.45) is 2.78. The quantitative estimate of drug-likeness (QED) is 0.726. The number of nitrogens with zero attached hydrogens (tertiary/aromatic N) is 1. The van der Waals surface area contributed by atoms with Gasteiger partial charge in [0, 0.05) is 24.1 Å². The molecule has 0 aliphatic carbocycles. The molecule has 0 aliphatic heterocycles. The van der Waals surface area contributed by atoms with Gasteiger partial charge in [-0.1, -0.05) is 11.6 Å². The lowest BCUT2D eigenvalue weighted by molar-refractivity contribution is 0.601. The molecular weight excluding hydrogens is 298 g/mol. The highest BCUT2D eigenvalue weighted by molar-refractivity contribution is 7.90. The normalized spacial score (nSPS) is 11.9. The van der Waals surface area contributed by atoms with Crippen molar-refractivity contribution in [3.63, 3.8) is 0 Å². The van der Waals surface area contributed by atoms with Gasteiger partial charge in [0.1, 0.15) is 11.3 Å². The van der Waals surface area contributed by atoms with Crippen molar-refractivity contribution in [2.75, 3.05) is 6.26 Å². The maximum Gasteiger partial charge on any atom is 0.175 e. The Balaban J connectivity index is 2.09. The van der Waals surface area contributed by atoms with E-state index < -0.39 is 9.84 Å². The van der Waals surface area contributed by atoms with Crippen LogP contribution in [0.15, 0.2) is 51.9 Å². The minimum Gasteiger partial charge on any atom is -0.453 e. The Labute approximate surface area is 120 Å². The van der Waals surface area contributed by atoms with Crippen molar-refractivity contribution >= 4 is 32.5 Å². The van der Waals surface area contributed by atoms with Gasteiger partial charge in [-0.15, -0.1) is 0 Å². The number of benzene rings is 1. The zero-order valence-electron chi connectivity index (χ0n) is 10.5. The Hall–Kier alpha value is -1.85. The van der Waals surface area contributed by atoms with Crippen LogP contribution in [0.1, 0.15) is 0 Å². The van der Waals surface area contributed by atoms with Crippen LogP contribution in [-0.4, -0.2) is 19.7 Å². The number of sulfone groups is 1. The van der Waals surface area contributed by atoms with Gasteiger partial charge in [0.15, 0.2) is 15.4 Å². The molecule has 0 spiro atoms. The number of rotatable bonds is 2. The highest BCUT2D eigenvalue weighted by Gasteiger charge is 2.11. The molecule has 4 nitrogen and oxygen atoms in total. The summed E-state index contributed by atoms with van der Waals surface area (Å²) in [5.74, 6) is 0.598. The summed E-state index contributed by atoms with van der Waals surface area (Å²) in [6, 6.07) is 9.92. The third-order valence-corrected chi connectivity index (χ3v) is 4.36. The van der Waals surface area contributed by atoms with E-state index in [2.05, 4.69) is 4.98 Å². The van der Waals surface area contributed by atoms with Gasteiger partial charge in [-0.25, -0.2) is 8.42 Å². The first-order valence-corrected chi connectivity index (χ1v) is 8.06. The summed E-state index contributed by atoms with van der Waals surface area (Å²) in [4.78, 5) is 4.44. The molecular formula is C14H10ClNO3S. The van der Waals surface area contributed by atoms with E-state index in [0.29, 0.717) is 21.9 Å². The van der Waals surface area contributed by atoms with Crippen LogP contribution in [0.25, 0.3) is 22.4 Å². The fourth-order valence-electron chi connectivity index (χ4n) is 1.92. The predicted octanol–water partition coefficient (Wildman–Crippen LogP) is 3.55. The Morgan fingerprint density at radius 3 is 2.45 bits per heavy atom. The van der Waals surface area contributed by atoms with Crippen molar-refractivity contribution in [2.24, 2.45) is 0 Å². The number of fused-ring (bicyclic) bond motifs is 1. The molecule has 0 atom stereocenters. The van der Waals surface area contributed by atoms with Gasteiger partial charge in [-0.3, -0.25) is 4.98 Å². The molecule has 0 amide bonds. The van der Waals surface area contributed by atoms with Crippen LogP contribution < -0.4 is 0 Å². The zero-order valence-corrected chi connectivity index (χ0v) is 12.1. The topological polar surface area (TPSA) is 60.2 Å². The zero-order chi connectivity index (χ0) is 14.3. The van der Waals surface area contributed by atoms with E-state index in [1.165, 1.54) is 6.26 Å². The minimum absolute atomic E-state index is 0.272. The van der Waals surface area contributed by atoms with Crippen molar-refractivity contribution in [1.82, 2.24) is 4.98 Å². The van der Waals surface area contributed by atoms with E-state index in [1.54, 1.807) is 42.6 Å². The summed E-state index contributed by atoms with van der Waals surface area (Å²) in [5.41, 5.74) is 1.96. The predicted molar refractivity (Wildman–Crippen MR) is 77.6 cm³/mol. The van der Waals surface area contributed by atoms with E-state index in [4.69, 9.17) is 16.0 Å². The molecule has 2 heterocycles. The van der Waals surface area contributed by atoms with Crippen LogP contribution >= 0.6 is 11.6 Å². The number of hydrogen-bond acceptors (Lipinski definition) is 4. The molecule has 20 heavy (non-hydrogen) atoms. The molecule has 1 aromatic carbocycles. The first kappa shape index (κ1) is 13.1. The Bertz CT molecular complexity index is 882. The monoisotopic (exact) mass is 307 g/mol. The van der Waals surface area contributed by atoms with Crippen LogP contribution in [0.2, 0.25) is 5.02 Å². The lowest BCUT2D eigenvalue weighted by Crippen LogP contribution is -1.95. The minimum atomic E-state index is -3.20. The van der Waals surface area contributed by atoms with Gasteiger partial charge < -0.3 is 4.42 Å². The molecule has 0 bridgehead atoms. The molecule has 0 saturated heterocycles. The number of pyridine rings is 1. The number of furan rings is 1. The second-order valence-corrected chi connectivity index (χ2v) is 6.84. The molecule has 6 heteroatoms. The summed E-state index contributed by atoms with van der Waals surface area (Å²) in [5, 5.41) is 0.494. The van der Waals surface area contributed by atoms with Crippen LogP contribution in [0.4, 0.5) is 0 Å². The highest BCUT2D eigenvalue weighted by atomic mass is 35.5. The van der Waals surface area contributed by atoms with E-state index in [1.807, 2.05) is 0 Å². The van der Waals surface area contributed by atoms with Crippen molar-refractivity contribution in [3.05, 3.63) is 47.6 Å². The molecule has 0 fully saturated rings. The Morgan fingerprint density at radius 2 is 1.85 bits per heavy atom. The van der Waals surface area contributed by atoms with Gasteiger partial charge in [0.2, 0.25) is 0 Å². The van der Waals surface area contributed by atoms with Gasteiger partial charge in [0.05, 0.1) is 9.92 Å². The molecule has 2 aromatic heterocycles. The van der Waals surface area contributed by atoms with Crippen molar-refractivity contribution in [3.8, 4) is 11.3 Å². The second-order valence-electron chi connectivity index (χ2n) is 4.41. The van der Waals surface area contributed by atoms with Crippen molar-refractivity contribution in [1.29, 1.82) is 0 Å². The smallest absolute Gasteiger partial charge is 0.175 e. The first-order valence-electron chi connectivity index (χ1n) is 5.80. The van der Waals surface area contributed by atoms with E-state index in [-0.39, 0.29) is 4.90 Å². The molecule has 3 rings (SSSR count). The SMILES string of the molecule is CS(=O)(=O)c1ccc(-c2cc3nccc(Cl)c3o2)cc1. The average molecular weight is 308 g/mol. The summed E-state index contributed by atoms with van der Waals surface area (Å²) in [7, 11) is -3.20. The van der Waals surface area contributed by atoms with E-state index in [0.717, 1.165) is 5.56 Å². The van der Waals surface area contributed by atoms with Gasteiger partial charge >= 0.3 is 0 Å². The summed E-state index contributed by atoms with van der Waals surface area (Å²) in [6.45, 7) is 0. The van der Waals surface area contributed by atoms with Crippen LogP contribution in [-0.2, 0) is 9.84 Å². The number of aromatic nitrogens is 1. The largest absolute Gasteiger partial charge is 0.453 e. The Morgan fingerprint density at radius 1 is 1.15 bits per heavy atom. The molecule has 0 radical (unpaired) electrons. The van der Waals surface area contributed by atoms with Gasteiger partial charge in [-0.05, 0) is 30.3 Å². The first-order chi connectivity index (χ1) is 9.45. The summed E-state index contributed by atoms with van der Waals surface area (Å²) >= 11 is 6.03. The maximum atomic E-state index is 11.4. The lowest BCUT2D eigenvalue weighted by atomic mass is 10.2.